The highest BCUT2D eigenvalue weighted by molar-refractivity contribution is 5.86. The van der Waals surface area contributed by atoms with Crippen LogP contribution in [0.5, 0.6) is 11.5 Å². The van der Waals surface area contributed by atoms with Gasteiger partial charge >= 0.3 is 0 Å². The van der Waals surface area contributed by atoms with Crippen LogP contribution in [0.2, 0.25) is 0 Å². The molecule has 104 valence electrons. The molecule has 0 aliphatic carbocycles. The van der Waals surface area contributed by atoms with E-state index in [4.69, 9.17) is 15.2 Å². The maximum atomic E-state index is 11.2. The molecule has 0 aromatic heterocycles. The molecule has 0 aliphatic rings. The SMILES string of the molecule is COc1cc(-c2cc(N)ccc2C)cc(C=O)c1OC. The van der Waals surface area contributed by atoms with E-state index in [2.05, 4.69) is 0 Å². The lowest BCUT2D eigenvalue weighted by molar-refractivity contribution is 0.112. The molecule has 2 aromatic rings. The zero-order chi connectivity index (χ0) is 14.7. The molecule has 4 heteroatoms. The Kier molecular flexibility index (Phi) is 3.94. The van der Waals surface area contributed by atoms with Crippen LogP contribution in [0, 0.1) is 6.92 Å². The zero-order valence-electron chi connectivity index (χ0n) is 11.8. The first-order valence-corrected chi connectivity index (χ1v) is 6.18. The standard InChI is InChI=1S/C16H17NO3/c1-10-4-5-13(17)8-14(10)11-6-12(9-18)16(20-3)15(7-11)19-2/h4-9H,17H2,1-3H3. The lowest BCUT2D eigenvalue weighted by Crippen LogP contribution is -1.97. The average Bonchev–Trinajstić information content (AvgIpc) is 2.48. The monoisotopic (exact) mass is 271 g/mol. The van der Waals surface area contributed by atoms with E-state index in [9.17, 15) is 4.79 Å². The van der Waals surface area contributed by atoms with Gasteiger partial charge in [0.05, 0.1) is 19.8 Å². The number of anilines is 1. The van der Waals surface area contributed by atoms with Crippen molar-refractivity contribution in [3.63, 3.8) is 0 Å². The molecule has 0 atom stereocenters. The maximum absolute atomic E-state index is 11.2. The first-order valence-electron chi connectivity index (χ1n) is 6.18. The largest absolute Gasteiger partial charge is 0.493 e. The highest BCUT2D eigenvalue weighted by atomic mass is 16.5. The Morgan fingerprint density at radius 3 is 2.45 bits per heavy atom. The molecule has 0 fully saturated rings. The van der Waals surface area contributed by atoms with Crippen LogP contribution in [0.3, 0.4) is 0 Å². The van der Waals surface area contributed by atoms with Crippen LogP contribution in [0.15, 0.2) is 30.3 Å². The molecule has 4 nitrogen and oxygen atoms in total. The first kappa shape index (κ1) is 13.9. The number of rotatable bonds is 4. The summed E-state index contributed by atoms with van der Waals surface area (Å²) in [5, 5.41) is 0. The minimum absolute atomic E-state index is 0.438. The molecule has 2 N–H and O–H groups in total. The second-order valence-electron chi connectivity index (χ2n) is 4.49. The van der Waals surface area contributed by atoms with Crippen molar-refractivity contribution in [3.8, 4) is 22.6 Å². The molecule has 0 saturated heterocycles. The summed E-state index contributed by atoms with van der Waals surface area (Å²) in [4.78, 5) is 11.2. The molecule has 2 aromatic carbocycles. The molecule has 0 unspecified atom stereocenters. The first-order chi connectivity index (χ1) is 9.60. The summed E-state index contributed by atoms with van der Waals surface area (Å²) in [7, 11) is 3.05. The minimum atomic E-state index is 0.438. The van der Waals surface area contributed by atoms with Gasteiger partial charge < -0.3 is 15.2 Å². The van der Waals surface area contributed by atoms with E-state index in [-0.39, 0.29) is 0 Å². The topological polar surface area (TPSA) is 61.5 Å². The summed E-state index contributed by atoms with van der Waals surface area (Å²) in [5.74, 6) is 0.960. The molecule has 0 aliphatic heterocycles. The van der Waals surface area contributed by atoms with E-state index in [1.165, 1.54) is 7.11 Å². The van der Waals surface area contributed by atoms with Crippen molar-refractivity contribution in [2.75, 3.05) is 20.0 Å². The van der Waals surface area contributed by atoms with Gasteiger partial charge in [-0.2, -0.15) is 0 Å². The fourth-order valence-electron chi connectivity index (χ4n) is 2.19. The number of hydrogen-bond donors (Lipinski definition) is 1. The molecule has 0 saturated carbocycles. The summed E-state index contributed by atoms with van der Waals surface area (Å²) < 4.78 is 10.5. The number of nitrogens with two attached hydrogens (primary N) is 1. The van der Waals surface area contributed by atoms with E-state index in [0.29, 0.717) is 22.7 Å². The second-order valence-corrected chi connectivity index (χ2v) is 4.49. The smallest absolute Gasteiger partial charge is 0.171 e. The van der Waals surface area contributed by atoms with Gasteiger partial charge in [-0.3, -0.25) is 4.79 Å². The van der Waals surface area contributed by atoms with E-state index in [1.807, 2.05) is 31.2 Å². The molecular weight excluding hydrogens is 254 g/mol. The number of carbonyl (C=O) groups excluding carboxylic acids is 1. The van der Waals surface area contributed by atoms with Gasteiger partial charge in [0.1, 0.15) is 0 Å². The van der Waals surface area contributed by atoms with Gasteiger partial charge in [-0.15, -0.1) is 0 Å². The van der Waals surface area contributed by atoms with E-state index < -0.39 is 0 Å². The molecule has 0 bridgehead atoms. The third kappa shape index (κ3) is 2.45. The number of ether oxygens (including phenoxy) is 2. The van der Waals surface area contributed by atoms with Gasteiger partial charge in [-0.1, -0.05) is 6.07 Å². The van der Waals surface area contributed by atoms with Gasteiger partial charge in [0.15, 0.2) is 17.8 Å². The molecule has 0 radical (unpaired) electrons. The number of benzene rings is 2. The van der Waals surface area contributed by atoms with Crippen LogP contribution in [0.25, 0.3) is 11.1 Å². The Morgan fingerprint density at radius 2 is 1.85 bits per heavy atom. The van der Waals surface area contributed by atoms with Crippen LogP contribution in [-0.2, 0) is 0 Å². The number of hydrogen-bond acceptors (Lipinski definition) is 4. The predicted molar refractivity (Wildman–Crippen MR) is 79.5 cm³/mol. The summed E-state index contributed by atoms with van der Waals surface area (Å²) >= 11 is 0. The van der Waals surface area contributed by atoms with Gasteiger partial charge in [0, 0.05) is 5.69 Å². The molecular formula is C16H17NO3. The Morgan fingerprint density at radius 1 is 1.10 bits per heavy atom. The Balaban J connectivity index is 2.69. The van der Waals surface area contributed by atoms with Gasteiger partial charge in [-0.25, -0.2) is 0 Å². The lowest BCUT2D eigenvalue weighted by Gasteiger charge is -2.14. The quantitative estimate of drug-likeness (QED) is 0.685. The lowest BCUT2D eigenvalue weighted by atomic mass is 9.97. The molecule has 2 rings (SSSR count). The molecule has 0 heterocycles. The average molecular weight is 271 g/mol. The summed E-state index contributed by atoms with van der Waals surface area (Å²) in [6, 6.07) is 9.29. The molecule has 0 amide bonds. The number of nitrogen functional groups attached to an aromatic ring is 1. The summed E-state index contributed by atoms with van der Waals surface area (Å²) in [6.07, 6.45) is 0.756. The molecule has 20 heavy (non-hydrogen) atoms. The normalized spacial score (nSPS) is 10.2. The molecule has 0 spiro atoms. The van der Waals surface area contributed by atoms with E-state index >= 15 is 0 Å². The minimum Gasteiger partial charge on any atom is -0.493 e. The Bertz CT molecular complexity index is 650. The van der Waals surface area contributed by atoms with Crippen molar-refractivity contribution < 1.29 is 14.3 Å². The van der Waals surface area contributed by atoms with Crippen molar-refractivity contribution >= 4 is 12.0 Å². The van der Waals surface area contributed by atoms with Crippen LogP contribution >= 0.6 is 0 Å². The highest BCUT2D eigenvalue weighted by Gasteiger charge is 2.14. The van der Waals surface area contributed by atoms with Crippen LogP contribution in [-0.4, -0.2) is 20.5 Å². The number of aryl methyl sites for hydroxylation is 1. The fraction of sp³-hybridized carbons (Fsp3) is 0.188. The van der Waals surface area contributed by atoms with Gasteiger partial charge in [0.25, 0.3) is 0 Å². The number of carbonyl (C=O) groups is 1. The van der Waals surface area contributed by atoms with E-state index in [0.717, 1.165) is 23.0 Å². The van der Waals surface area contributed by atoms with Crippen molar-refractivity contribution in [2.45, 2.75) is 6.92 Å². The summed E-state index contributed by atoms with van der Waals surface area (Å²) in [6.45, 7) is 1.99. The van der Waals surface area contributed by atoms with Gasteiger partial charge in [0.2, 0.25) is 0 Å². The zero-order valence-corrected chi connectivity index (χ0v) is 11.8. The van der Waals surface area contributed by atoms with Crippen molar-refractivity contribution in [1.29, 1.82) is 0 Å². The second kappa shape index (κ2) is 5.65. The Labute approximate surface area is 118 Å². The number of aldehydes is 1. The van der Waals surface area contributed by atoms with Crippen molar-refractivity contribution in [3.05, 3.63) is 41.5 Å². The van der Waals surface area contributed by atoms with Crippen LogP contribution in [0.4, 0.5) is 5.69 Å². The van der Waals surface area contributed by atoms with Gasteiger partial charge in [-0.05, 0) is 47.9 Å². The Hall–Kier alpha value is -2.49. The van der Waals surface area contributed by atoms with Crippen molar-refractivity contribution in [1.82, 2.24) is 0 Å². The number of methoxy groups -OCH3 is 2. The van der Waals surface area contributed by atoms with Crippen molar-refractivity contribution in [2.24, 2.45) is 0 Å². The van der Waals surface area contributed by atoms with Crippen LogP contribution in [0.1, 0.15) is 15.9 Å². The predicted octanol–water partition coefficient (Wildman–Crippen LogP) is 3.07. The maximum Gasteiger partial charge on any atom is 0.171 e. The van der Waals surface area contributed by atoms with E-state index in [1.54, 1.807) is 13.2 Å². The third-order valence-corrected chi connectivity index (χ3v) is 3.21. The fourth-order valence-corrected chi connectivity index (χ4v) is 2.19. The third-order valence-electron chi connectivity index (χ3n) is 3.21. The van der Waals surface area contributed by atoms with Crippen LogP contribution < -0.4 is 15.2 Å². The summed E-state index contributed by atoms with van der Waals surface area (Å²) in [5.41, 5.74) is 9.87. The highest BCUT2D eigenvalue weighted by Crippen LogP contribution is 2.37.